The largest absolute Gasteiger partial charge is 0.386 e. The van der Waals surface area contributed by atoms with Crippen LogP contribution >= 0.6 is 23.5 Å². The highest BCUT2D eigenvalue weighted by molar-refractivity contribution is 8.15. The van der Waals surface area contributed by atoms with Gasteiger partial charge in [0.2, 0.25) is 0 Å². The number of thioether (sulfide) groups is 2. The van der Waals surface area contributed by atoms with Gasteiger partial charge in [-0.1, -0.05) is 0 Å². The highest BCUT2D eigenvalue weighted by atomic mass is 32.2. The van der Waals surface area contributed by atoms with Gasteiger partial charge in [-0.2, -0.15) is 0 Å². The van der Waals surface area contributed by atoms with Crippen LogP contribution in [0.25, 0.3) is 0 Å². The number of aliphatic hydroxyl groups is 2. The Kier molecular flexibility index (Phi) is 9.13. The fraction of sp³-hybridized carbons (Fsp3) is 1.00. The Morgan fingerprint density at radius 1 is 1.22 bits per heavy atom. The summed E-state index contributed by atoms with van der Waals surface area (Å²) in [5.74, 6) is 0.635. The average molecular weight is 170 g/mol. The number of aliphatic hydroxyl groups excluding tert-OH is 2. The molecule has 0 unspecified atom stereocenters. The third-order valence-electron chi connectivity index (χ3n) is 0.516. The van der Waals surface area contributed by atoms with Crippen molar-refractivity contribution in [3.05, 3.63) is 0 Å². The minimum Gasteiger partial charge on any atom is -0.386 e. The van der Waals surface area contributed by atoms with Crippen molar-refractivity contribution in [3.63, 3.8) is 0 Å². The summed E-state index contributed by atoms with van der Waals surface area (Å²) < 4.78 is 4.60. The normalized spacial score (nSPS) is 10.0. The molecule has 9 heavy (non-hydrogen) atoms. The molecule has 0 amide bonds. The summed E-state index contributed by atoms with van der Waals surface area (Å²) in [6, 6.07) is 0. The van der Waals surface area contributed by atoms with Crippen LogP contribution < -0.4 is 0 Å². The number of hydrogen-bond acceptors (Lipinski definition) is 5. The van der Waals surface area contributed by atoms with Gasteiger partial charge in [-0.25, -0.2) is 0 Å². The van der Waals surface area contributed by atoms with E-state index in [1.165, 1.54) is 23.5 Å². The SMILES string of the molecule is OCOCSCSCO. The Balaban J connectivity index is 2.60. The Hall–Kier alpha value is 0.580. The third kappa shape index (κ3) is 8.58. The van der Waals surface area contributed by atoms with Crippen molar-refractivity contribution in [1.82, 2.24) is 0 Å². The summed E-state index contributed by atoms with van der Waals surface area (Å²) in [5, 5.41) is 17.2. The molecule has 56 valence electrons. The Bertz CT molecular complexity index is 47.1. The molecule has 0 aromatic carbocycles. The van der Waals surface area contributed by atoms with E-state index in [4.69, 9.17) is 10.2 Å². The van der Waals surface area contributed by atoms with E-state index in [1.807, 2.05) is 0 Å². The molecular weight excluding hydrogens is 160 g/mol. The smallest absolute Gasteiger partial charge is 0.144 e. The topological polar surface area (TPSA) is 49.7 Å². The first-order valence-corrected chi connectivity index (χ1v) is 4.67. The van der Waals surface area contributed by atoms with Crippen LogP contribution in [0.4, 0.5) is 0 Å². The molecule has 0 fully saturated rings. The summed E-state index contributed by atoms with van der Waals surface area (Å²) in [6.07, 6.45) is 0. The van der Waals surface area contributed by atoms with Crippen molar-refractivity contribution in [2.75, 3.05) is 23.8 Å². The average Bonchev–Trinajstić information content (AvgIpc) is 1.89. The lowest BCUT2D eigenvalue weighted by Gasteiger charge is -1.97. The molecule has 5 heteroatoms. The molecule has 2 N–H and O–H groups in total. The lowest BCUT2D eigenvalue weighted by molar-refractivity contribution is 0.0241. The zero-order valence-corrected chi connectivity index (χ0v) is 6.58. The van der Waals surface area contributed by atoms with Crippen LogP contribution in [0.3, 0.4) is 0 Å². The predicted octanol–water partition coefficient (Wildman–Crippen LogP) is 0.284. The zero-order valence-electron chi connectivity index (χ0n) is 4.95. The monoisotopic (exact) mass is 170 g/mol. The maximum Gasteiger partial charge on any atom is 0.144 e. The molecule has 0 aliphatic carbocycles. The molecule has 0 aromatic heterocycles. The van der Waals surface area contributed by atoms with E-state index < -0.39 is 0 Å². The highest BCUT2D eigenvalue weighted by Crippen LogP contribution is 2.09. The second kappa shape index (κ2) is 8.58. The molecule has 0 saturated carbocycles. The molecule has 0 aliphatic rings. The van der Waals surface area contributed by atoms with E-state index in [2.05, 4.69) is 4.74 Å². The molecule has 0 bridgehead atoms. The van der Waals surface area contributed by atoms with Crippen LogP contribution in [0.1, 0.15) is 0 Å². The van der Waals surface area contributed by atoms with Gasteiger partial charge >= 0.3 is 0 Å². The van der Waals surface area contributed by atoms with Gasteiger partial charge in [-0.3, -0.25) is 0 Å². The predicted molar refractivity (Wildman–Crippen MR) is 40.2 cm³/mol. The van der Waals surface area contributed by atoms with E-state index in [0.717, 1.165) is 5.08 Å². The maximum atomic E-state index is 8.28. The van der Waals surface area contributed by atoms with Gasteiger partial charge in [-0.05, 0) is 0 Å². The Morgan fingerprint density at radius 3 is 2.56 bits per heavy atom. The molecule has 0 heterocycles. The van der Waals surface area contributed by atoms with Gasteiger partial charge in [0.1, 0.15) is 6.79 Å². The number of ether oxygens (including phenoxy) is 1. The maximum absolute atomic E-state index is 8.28. The van der Waals surface area contributed by atoms with Crippen molar-refractivity contribution in [2.24, 2.45) is 0 Å². The van der Waals surface area contributed by atoms with Crippen molar-refractivity contribution in [3.8, 4) is 0 Å². The van der Waals surface area contributed by atoms with Crippen molar-refractivity contribution in [2.45, 2.75) is 0 Å². The Morgan fingerprint density at radius 2 is 2.00 bits per heavy atom. The van der Waals surface area contributed by atoms with Gasteiger partial charge in [0.25, 0.3) is 0 Å². The van der Waals surface area contributed by atoms with Crippen LogP contribution in [0, 0.1) is 0 Å². The summed E-state index contributed by atoms with van der Waals surface area (Å²) in [5.41, 5.74) is 0. The molecule has 0 aromatic rings. The van der Waals surface area contributed by atoms with Crippen molar-refractivity contribution < 1.29 is 14.9 Å². The standard InChI is InChI=1S/C4H10O3S2/c5-1-7-3-9-4-8-2-6/h5-6H,1-4H2. The zero-order chi connectivity index (χ0) is 6.95. The second-order valence-electron chi connectivity index (χ2n) is 1.11. The van der Waals surface area contributed by atoms with E-state index in [9.17, 15) is 0 Å². The van der Waals surface area contributed by atoms with Crippen LogP contribution in [0.5, 0.6) is 0 Å². The molecule has 0 saturated heterocycles. The Labute approximate surface area is 62.8 Å². The number of rotatable bonds is 6. The van der Waals surface area contributed by atoms with Gasteiger partial charge in [0.05, 0.1) is 11.9 Å². The molecule has 0 atom stereocenters. The summed E-state index contributed by atoms with van der Waals surface area (Å²) in [4.78, 5) is 0. The van der Waals surface area contributed by atoms with E-state index in [1.54, 1.807) is 0 Å². The lowest BCUT2D eigenvalue weighted by Crippen LogP contribution is -1.91. The summed E-state index contributed by atoms with van der Waals surface area (Å²) >= 11 is 2.94. The molecule has 3 nitrogen and oxygen atoms in total. The second-order valence-corrected chi connectivity index (χ2v) is 3.36. The fourth-order valence-corrected chi connectivity index (χ4v) is 1.46. The van der Waals surface area contributed by atoms with Crippen LogP contribution in [-0.4, -0.2) is 34.0 Å². The molecule has 0 spiro atoms. The minimum absolute atomic E-state index is 0.145. The quantitative estimate of drug-likeness (QED) is 0.443. The van der Waals surface area contributed by atoms with Crippen LogP contribution in [0.15, 0.2) is 0 Å². The highest BCUT2D eigenvalue weighted by Gasteiger charge is 1.86. The van der Waals surface area contributed by atoms with Crippen LogP contribution in [-0.2, 0) is 4.74 Å². The molecule has 0 aliphatic heterocycles. The summed E-state index contributed by atoms with van der Waals surface area (Å²) in [7, 11) is 0. The van der Waals surface area contributed by atoms with Crippen molar-refractivity contribution >= 4 is 23.5 Å². The molecule has 0 radical (unpaired) electrons. The van der Waals surface area contributed by atoms with Crippen molar-refractivity contribution in [1.29, 1.82) is 0 Å². The molecule has 0 rings (SSSR count). The molecular formula is C4H10O3S2. The first kappa shape index (κ1) is 9.58. The minimum atomic E-state index is -0.225. The van der Waals surface area contributed by atoms with Gasteiger partial charge in [-0.15, -0.1) is 23.5 Å². The van der Waals surface area contributed by atoms with Gasteiger partial charge < -0.3 is 14.9 Å². The van der Waals surface area contributed by atoms with Crippen LogP contribution in [0.2, 0.25) is 0 Å². The van der Waals surface area contributed by atoms with E-state index >= 15 is 0 Å². The fourth-order valence-electron chi connectivity index (χ4n) is 0.226. The number of hydrogen-bond donors (Lipinski definition) is 2. The van der Waals surface area contributed by atoms with Gasteiger partial charge in [0.15, 0.2) is 0 Å². The first-order chi connectivity index (χ1) is 4.41. The summed E-state index contributed by atoms with van der Waals surface area (Å²) in [6.45, 7) is -0.225. The third-order valence-corrected chi connectivity index (χ3v) is 2.37. The van der Waals surface area contributed by atoms with Gasteiger partial charge in [0, 0.05) is 5.08 Å². The van der Waals surface area contributed by atoms with E-state index in [-0.39, 0.29) is 12.7 Å². The van der Waals surface area contributed by atoms with E-state index in [0.29, 0.717) is 5.94 Å². The lowest BCUT2D eigenvalue weighted by atomic mass is 11.4. The first-order valence-electron chi connectivity index (χ1n) is 2.36.